The Morgan fingerprint density at radius 1 is 1.19 bits per heavy atom. The summed E-state index contributed by atoms with van der Waals surface area (Å²) in [6.07, 6.45) is 1.69. The van der Waals surface area contributed by atoms with Gasteiger partial charge in [-0.1, -0.05) is 18.2 Å². The molecule has 7 nitrogen and oxygen atoms in total. The maximum atomic E-state index is 13.4. The Kier molecular flexibility index (Phi) is 8.08. The molecule has 2 N–H and O–H groups in total. The van der Waals surface area contributed by atoms with Gasteiger partial charge >= 0.3 is 0 Å². The van der Waals surface area contributed by atoms with E-state index in [9.17, 15) is 18.4 Å². The van der Waals surface area contributed by atoms with E-state index in [2.05, 4.69) is 14.9 Å². The van der Waals surface area contributed by atoms with Gasteiger partial charge in [0.15, 0.2) is 0 Å². The summed E-state index contributed by atoms with van der Waals surface area (Å²) in [5, 5.41) is 3.75. The number of halogens is 2. The lowest BCUT2D eigenvalue weighted by molar-refractivity contribution is 0.0918. The first-order valence-corrected chi connectivity index (χ1v) is 12.4. The summed E-state index contributed by atoms with van der Waals surface area (Å²) < 4.78 is 33.7. The number of carbonyl (C=O) groups excluding carboxylic acids is 1. The number of benzene rings is 1. The second-order valence-electron chi connectivity index (χ2n) is 9.54. The Morgan fingerprint density at radius 2 is 1.89 bits per heavy atom. The number of para-hydroxylation sites is 1. The molecule has 1 fully saturated rings. The number of aromatic amines is 1. The number of nitrogens with one attached hydrogen (secondary N) is 2. The molecule has 2 aromatic heterocycles. The van der Waals surface area contributed by atoms with Gasteiger partial charge in [-0.25, -0.2) is 8.78 Å². The van der Waals surface area contributed by atoms with E-state index in [4.69, 9.17) is 4.74 Å². The summed E-state index contributed by atoms with van der Waals surface area (Å²) in [7, 11) is 1.50. The number of fused-ring (bicyclic) bond motifs is 1. The van der Waals surface area contributed by atoms with E-state index in [1.165, 1.54) is 7.11 Å². The number of piperidine rings is 1. The number of aryl methyl sites for hydroxylation is 1. The minimum Gasteiger partial charge on any atom is -0.496 e. The predicted octanol–water partition coefficient (Wildman–Crippen LogP) is 3.90. The van der Waals surface area contributed by atoms with Gasteiger partial charge in [-0.15, -0.1) is 0 Å². The minimum absolute atomic E-state index is 0.0410. The first kappa shape index (κ1) is 25.9. The number of pyridine rings is 1. The smallest absolute Gasteiger partial charge is 0.256 e. The largest absolute Gasteiger partial charge is 0.496 e. The van der Waals surface area contributed by atoms with E-state index in [1.54, 1.807) is 13.0 Å². The normalized spacial score (nSPS) is 15.1. The van der Waals surface area contributed by atoms with Crippen molar-refractivity contribution < 1.29 is 18.3 Å². The number of aromatic nitrogens is 2. The zero-order valence-corrected chi connectivity index (χ0v) is 21.1. The van der Waals surface area contributed by atoms with E-state index < -0.39 is 19.4 Å². The number of alkyl halides is 2. The number of amides is 1. The van der Waals surface area contributed by atoms with E-state index in [1.807, 2.05) is 36.1 Å². The van der Waals surface area contributed by atoms with Gasteiger partial charge in [-0.3, -0.25) is 14.5 Å². The van der Waals surface area contributed by atoms with Gasteiger partial charge < -0.3 is 19.6 Å². The van der Waals surface area contributed by atoms with Gasteiger partial charge in [-0.2, -0.15) is 0 Å². The molecule has 0 aliphatic carbocycles. The zero-order chi connectivity index (χ0) is 25.8. The topological polar surface area (TPSA) is 79.4 Å². The monoisotopic (exact) mass is 500 g/mol. The average Bonchev–Trinajstić information content (AvgIpc) is 3.15. The maximum Gasteiger partial charge on any atom is 0.256 e. The molecule has 3 heterocycles. The highest BCUT2D eigenvalue weighted by atomic mass is 19.1. The third-order valence-electron chi connectivity index (χ3n) is 7.30. The van der Waals surface area contributed by atoms with Crippen LogP contribution in [0.2, 0.25) is 0 Å². The van der Waals surface area contributed by atoms with Crippen molar-refractivity contribution in [2.24, 2.45) is 5.92 Å². The van der Waals surface area contributed by atoms with Crippen molar-refractivity contribution in [2.45, 2.75) is 45.8 Å². The molecule has 0 spiro atoms. The summed E-state index contributed by atoms with van der Waals surface area (Å²) in [5.74, 6) is 0.528. The van der Waals surface area contributed by atoms with Gasteiger partial charge in [0.25, 0.3) is 11.5 Å². The van der Waals surface area contributed by atoms with Crippen molar-refractivity contribution in [1.82, 2.24) is 19.8 Å². The van der Waals surface area contributed by atoms with Crippen LogP contribution < -0.4 is 15.6 Å². The maximum absolute atomic E-state index is 13.4. The van der Waals surface area contributed by atoms with Crippen molar-refractivity contribution in [3.63, 3.8) is 0 Å². The number of hydrogen-bond donors (Lipinski definition) is 2. The predicted molar refractivity (Wildman–Crippen MR) is 136 cm³/mol. The molecular weight excluding hydrogens is 466 g/mol. The highest BCUT2D eigenvalue weighted by Crippen LogP contribution is 2.29. The molecule has 3 aromatic rings. The van der Waals surface area contributed by atoms with E-state index in [0.717, 1.165) is 36.0 Å². The Hall–Kier alpha value is -3.20. The summed E-state index contributed by atoms with van der Waals surface area (Å²) in [4.78, 5) is 30.5. The third kappa shape index (κ3) is 5.16. The van der Waals surface area contributed by atoms with Crippen LogP contribution in [0.15, 0.2) is 35.1 Å². The van der Waals surface area contributed by atoms with Gasteiger partial charge in [0.1, 0.15) is 19.1 Å². The molecule has 0 bridgehead atoms. The van der Waals surface area contributed by atoms with Gasteiger partial charge in [-0.05, 0) is 57.8 Å². The summed E-state index contributed by atoms with van der Waals surface area (Å²) >= 11 is 0. The molecule has 1 saturated heterocycles. The van der Waals surface area contributed by atoms with Crippen LogP contribution in [0.1, 0.15) is 40.2 Å². The molecule has 194 valence electrons. The zero-order valence-electron chi connectivity index (χ0n) is 21.1. The highest BCUT2D eigenvalue weighted by Gasteiger charge is 2.27. The molecule has 9 heteroatoms. The minimum atomic E-state index is -0.665. The highest BCUT2D eigenvalue weighted by molar-refractivity contribution is 6.08. The van der Waals surface area contributed by atoms with Crippen LogP contribution in [-0.2, 0) is 13.1 Å². The first-order valence-electron chi connectivity index (χ1n) is 12.4. The number of likely N-dealkylation sites (tertiary alicyclic amines) is 1. The van der Waals surface area contributed by atoms with Crippen LogP contribution in [0, 0.1) is 19.8 Å². The van der Waals surface area contributed by atoms with Crippen LogP contribution in [-0.4, -0.2) is 59.9 Å². The molecule has 0 atom stereocenters. The Balaban J connectivity index is 1.54. The number of nitrogens with zero attached hydrogens (tertiary/aromatic N) is 2. The van der Waals surface area contributed by atoms with Crippen molar-refractivity contribution in [1.29, 1.82) is 0 Å². The fraction of sp³-hybridized carbons (Fsp3) is 0.481. The average molecular weight is 501 g/mol. The van der Waals surface area contributed by atoms with Crippen molar-refractivity contribution in [2.75, 3.05) is 33.5 Å². The molecule has 1 aromatic carbocycles. The second-order valence-corrected chi connectivity index (χ2v) is 9.54. The number of ether oxygens (including phenoxy) is 1. The number of carbonyl (C=O) groups is 1. The second kappa shape index (κ2) is 11.2. The summed E-state index contributed by atoms with van der Waals surface area (Å²) in [6, 6.07) is 8.88. The molecule has 4 rings (SSSR count). The van der Waals surface area contributed by atoms with Crippen LogP contribution in [0.3, 0.4) is 0 Å². The molecule has 36 heavy (non-hydrogen) atoms. The van der Waals surface area contributed by atoms with Crippen molar-refractivity contribution in [3.05, 3.63) is 63.2 Å². The Morgan fingerprint density at radius 3 is 2.56 bits per heavy atom. The number of rotatable bonds is 9. The Bertz CT molecular complexity index is 1270. The molecular formula is C27H34F2N4O3. The van der Waals surface area contributed by atoms with Crippen LogP contribution in [0.5, 0.6) is 5.75 Å². The van der Waals surface area contributed by atoms with E-state index in [-0.39, 0.29) is 18.0 Å². The van der Waals surface area contributed by atoms with Crippen molar-refractivity contribution in [3.8, 4) is 5.75 Å². The fourth-order valence-electron chi connectivity index (χ4n) is 5.24. The first-order chi connectivity index (χ1) is 17.4. The van der Waals surface area contributed by atoms with E-state index in [0.29, 0.717) is 41.6 Å². The van der Waals surface area contributed by atoms with Crippen LogP contribution in [0.25, 0.3) is 10.9 Å². The lowest BCUT2D eigenvalue weighted by Crippen LogP contribution is -2.44. The lowest BCUT2D eigenvalue weighted by Gasteiger charge is -2.35. The van der Waals surface area contributed by atoms with Gasteiger partial charge in [0.05, 0.1) is 30.8 Å². The quantitative estimate of drug-likeness (QED) is 0.467. The fourth-order valence-corrected chi connectivity index (χ4v) is 5.24. The van der Waals surface area contributed by atoms with Gasteiger partial charge in [0, 0.05) is 28.8 Å². The SMILES string of the molecule is COc1cc(C)[nH]c(=O)c1CNC(=O)c1c(C)n(CC2CCN(C(CF)CF)CC2)c2ccccc12. The standard InChI is InChI=1S/C27H34F2N4O3/c1-17-12-24(36-3)22(26(34)31-17)15-30-27(35)25-18(2)33(23-7-5-4-6-21(23)25)16-19-8-10-32(11-9-19)20(13-28)14-29/h4-7,12,19-20H,8-11,13-16H2,1-3H3,(H,30,35)(H,31,34). The molecule has 1 aliphatic heterocycles. The Labute approximate surface area is 209 Å². The number of methoxy groups -OCH3 is 1. The summed E-state index contributed by atoms with van der Waals surface area (Å²) in [5.41, 5.74) is 3.16. The van der Waals surface area contributed by atoms with Crippen LogP contribution in [0.4, 0.5) is 8.78 Å². The molecule has 0 radical (unpaired) electrons. The number of hydrogen-bond acceptors (Lipinski definition) is 4. The molecule has 0 saturated carbocycles. The number of H-pyrrole nitrogens is 1. The van der Waals surface area contributed by atoms with E-state index >= 15 is 0 Å². The third-order valence-corrected chi connectivity index (χ3v) is 7.30. The molecule has 1 amide bonds. The van der Waals surface area contributed by atoms with Gasteiger partial charge in [0.2, 0.25) is 0 Å². The molecule has 1 aliphatic rings. The summed E-state index contributed by atoms with van der Waals surface area (Å²) in [6.45, 7) is 4.49. The van der Waals surface area contributed by atoms with Crippen LogP contribution >= 0.6 is 0 Å². The molecule has 0 unspecified atom stereocenters. The lowest BCUT2D eigenvalue weighted by atomic mass is 9.95. The van der Waals surface area contributed by atoms with Crippen molar-refractivity contribution >= 4 is 16.8 Å².